The van der Waals surface area contributed by atoms with Gasteiger partial charge in [0.05, 0.1) is 6.61 Å². The number of ether oxygens (including phenoxy) is 1. The molecule has 1 atom stereocenters. The topological polar surface area (TPSA) is 50.4 Å². The second-order valence-electron chi connectivity index (χ2n) is 6.78. The van der Waals surface area contributed by atoms with Gasteiger partial charge in [-0.25, -0.2) is 0 Å². The summed E-state index contributed by atoms with van der Waals surface area (Å²) in [4.78, 5) is 11.9. The Morgan fingerprint density at radius 3 is 2.88 bits per heavy atom. The summed E-state index contributed by atoms with van der Waals surface area (Å²) in [5, 5.41) is 8.75. The normalized spacial score (nSPS) is 16.7. The van der Waals surface area contributed by atoms with E-state index in [2.05, 4.69) is 28.8 Å². The molecule has 3 rings (SSSR count). The molecule has 1 unspecified atom stereocenters. The maximum atomic E-state index is 11.9. The van der Waals surface area contributed by atoms with Crippen LogP contribution in [-0.4, -0.2) is 32.1 Å². The number of rotatable bonds is 8. The molecule has 1 aliphatic rings. The van der Waals surface area contributed by atoms with E-state index >= 15 is 0 Å². The number of hydrogen-bond donors (Lipinski definition) is 2. The van der Waals surface area contributed by atoms with Crippen LogP contribution in [0.4, 0.5) is 0 Å². The largest absolute Gasteiger partial charge is 0.493 e. The number of amides is 1. The molecular formula is C21H29ClN2O2. The van der Waals surface area contributed by atoms with Crippen LogP contribution in [0.2, 0.25) is 0 Å². The molecule has 5 heteroatoms. The Labute approximate surface area is 162 Å². The Balaban J connectivity index is 0.00000243. The van der Waals surface area contributed by atoms with Gasteiger partial charge < -0.3 is 15.4 Å². The minimum absolute atomic E-state index is 0. The molecule has 142 valence electrons. The van der Waals surface area contributed by atoms with Gasteiger partial charge in [-0.2, -0.15) is 0 Å². The highest BCUT2D eigenvalue weighted by Gasteiger charge is 2.12. The van der Waals surface area contributed by atoms with E-state index in [-0.39, 0.29) is 18.3 Å². The van der Waals surface area contributed by atoms with Crippen LogP contribution < -0.4 is 15.4 Å². The van der Waals surface area contributed by atoms with Gasteiger partial charge in [0.2, 0.25) is 5.91 Å². The lowest BCUT2D eigenvalue weighted by molar-refractivity contribution is -0.121. The van der Waals surface area contributed by atoms with Gasteiger partial charge in [-0.3, -0.25) is 4.79 Å². The van der Waals surface area contributed by atoms with Crippen molar-refractivity contribution in [3.63, 3.8) is 0 Å². The van der Waals surface area contributed by atoms with E-state index in [4.69, 9.17) is 4.74 Å². The molecule has 0 saturated carbocycles. The zero-order chi connectivity index (χ0) is 17.3. The molecule has 0 aliphatic carbocycles. The lowest BCUT2D eigenvalue weighted by atomic mass is 9.96. The van der Waals surface area contributed by atoms with Crippen molar-refractivity contribution in [3.05, 3.63) is 42.5 Å². The minimum atomic E-state index is 0. The number of nitrogens with one attached hydrogen (secondary N) is 2. The van der Waals surface area contributed by atoms with Gasteiger partial charge in [-0.1, -0.05) is 36.4 Å². The molecule has 4 nitrogen and oxygen atoms in total. The molecule has 2 aromatic rings. The lowest BCUT2D eigenvalue weighted by Crippen LogP contribution is -2.33. The maximum absolute atomic E-state index is 11.9. The highest BCUT2D eigenvalue weighted by Crippen LogP contribution is 2.25. The van der Waals surface area contributed by atoms with E-state index in [0.29, 0.717) is 18.9 Å². The fourth-order valence-corrected chi connectivity index (χ4v) is 3.41. The number of carbonyl (C=O) groups is 1. The average Bonchev–Trinajstić information content (AvgIpc) is 2.66. The fraction of sp³-hybridized carbons (Fsp3) is 0.476. The fourth-order valence-electron chi connectivity index (χ4n) is 3.41. The first-order valence-electron chi connectivity index (χ1n) is 9.41. The number of hydrogen-bond acceptors (Lipinski definition) is 3. The number of piperidine rings is 1. The molecule has 0 bridgehead atoms. The first kappa shape index (κ1) is 20.5. The summed E-state index contributed by atoms with van der Waals surface area (Å²) in [5.41, 5.74) is 0. The summed E-state index contributed by atoms with van der Waals surface area (Å²) in [6, 6.07) is 14.3. The van der Waals surface area contributed by atoms with Gasteiger partial charge in [0, 0.05) is 18.4 Å². The second-order valence-corrected chi connectivity index (χ2v) is 6.78. The average molecular weight is 377 g/mol. The van der Waals surface area contributed by atoms with Gasteiger partial charge in [0.15, 0.2) is 0 Å². The van der Waals surface area contributed by atoms with Crippen LogP contribution in [0.3, 0.4) is 0 Å². The van der Waals surface area contributed by atoms with Gasteiger partial charge >= 0.3 is 0 Å². The van der Waals surface area contributed by atoms with Crippen molar-refractivity contribution in [3.8, 4) is 5.75 Å². The predicted octanol–water partition coefficient (Wildman–Crippen LogP) is 3.93. The van der Waals surface area contributed by atoms with Crippen molar-refractivity contribution >= 4 is 29.1 Å². The van der Waals surface area contributed by atoms with Gasteiger partial charge in [-0.05, 0) is 56.1 Å². The van der Waals surface area contributed by atoms with Crippen molar-refractivity contribution < 1.29 is 9.53 Å². The van der Waals surface area contributed by atoms with Crippen molar-refractivity contribution in [2.75, 3.05) is 26.2 Å². The molecule has 2 N–H and O–H groups in total. The number of carbonyl (C=O) groups excluding carboxylic acids is 1. The Hall–Kier alpha value is -1.78. The Morgan fingerprint density at radius 1 is 1.19 bits per heavy atom. The third-order valence-electron chi connectivity index (χ3n) is 4.83. The standard InChI is InChI=1S/C21H28N2O2.ClH/c24-21(23-14-12-17-6-4-13-22-16-17)11-5-15-25-20-10-3-8-18-7-1-2-9-19(18)20;/h1-3,7-10,17,22H,4-6,11-16H2,(H,23,24);1H. The van der Waals surface area contributed by atoms with Crippen LogP contribution in [-0.2, 0) is 4.79 Å². The van der Waals surface area contributed by atoms with E-state index in [0.717, 1.165) is 43.6 Å². The number of halogens is 1. The molecule has 2 aromatic carbocycles. The molecule has 0 spiro atoms. The van der Waals surface area contributed by atoms with Crippen LogP contribution in [0, 0.1) is 5.92 Å². The molecule has 1 amide bonds. The summed E-state index contributed by atoms with van der Waals surface area (Å²) >= 11 is 0. The van der Waals surface area contributed by atoms with Gasteiger partial charge in [0.25, 0.3) is 0 Å². The molecule has 0 radical (unpaired) electrons. The molecule has 1 saturated heterocycles. The van der Waals surface area contributed by atoms with Crippen LogP contribution in [0.25, 0.3) is 10.8 Å². The van der Waals surface area contributed by atoms with Crippen LogP contribution in [0.5, 0.6) is 5.75 Å². The quantitative estimate of drug-likeness (QED) is 0.686. The Morgan fingerprint density at radius 2 is 2.04 bits per heavy atom. The van der Waals surface area contributed by atoms with Crippen LogP contribution in [0.1, 0.15) is 32.1 Å². The lowest BCUT2D eigenvalue weighted by Gasteiger charge is -2.22. The predicted molar refractivity (Wildman–Crippen MR) is 109 cm³/mol. The van der Waals surface area contributed by atoms with E-state index in [9.17, 15) is 4.79 Å². The molecule has 1 aliphatic heterocycles. The zero-order valence-electron chi connectivity index (χ0n) is 15.2. The molecular weight excluding hydrogens is 348 g/mol. The molecule has 26 heavy (non-hydrogen) atoms. The summed E-state index contributed by atoms with van der Waals surface area (Å²) < 4.78 is 5.88. The molecule has 1 heterocycles. The van der Waals surface area contributed by atoms with Crippen molar-refractivity contribution in [1.29, 1.82) is 0 Å². The Bertz CT molecular complexity index is 681. The van der Waals surface area contributed by atoms with Crippen LogP contribution in [0.15, 0.2) is 42.5 Å². The van der Waals surface area contributed by atoms with Crippen LogP contribution >= 0.6 is 12.4 Å². The SMILES string of the molecule is Cl.O=C(CCCOc1cccc2ccccc12)NCCC1CCCNC1. The van der Waals surface area contributed by atoms with Crippen molar-refractivity contribution in [1.82, 2.24) is 10.6 Å². The van der Waals surface area contributed by atoms with E-state index < -0.39 is 0 Å². The Kier molecular flexibility index (Phi) is 8.72. The first-order valence-corrected chi connectivity index (χ1v) is 9.41. The minimum Gasteiger partial charge on any atom is -0.493 e. The maximum Gasteiger partial charge on any atom is 0.220 e. The monoisotopic (exact) mass is 376 g/mol. The number of fused-ring (bicyclic) bond motifs is 1. The first-order chi connectivity index (χ1) is 12.3. The highest BCUT2D eigenvalue weighted by molar-refractivity contribution is 5.88. The number of benzene rings is 2. The molecule has 0 aromatic heterocycles. The highest BCUT2D eigenvalue weighted by atomic mass is 35.5. The molecule has 1 fully saturated rings. The zero-order valence-corrected chi connectivity index (χ0v) is 16.0. The van der Waals surface area contributed by atoms with E-state index in [1.165, 1.54) is 18.2 Å². The summed E-state index contributed by atoms with van der Waals surface area (Å²) in [7, 11) is 0. The van der Waals surface area contributed by atoms with Gasteiger partial charge in [0.1, 0.15) is 5.75 Å². The summed E-state index contributed by atoms with van der Waals surface area (Å²) in [5.74, 6) is 1.73. The van der Waals surface area contributed by atoms with E-state index in [1.807, 2.05) is 24.3 Å². The van der Waals surface area contributed by atoms with Gasteiger partial charge in [-0.15, -0.1) is 12.4 Å². The smallest absolute Gasteiger partial charge is 0.220 e. The second kappa shape index (κ2) is 11.0. The summed E-state index contributed by atoms with van der Waals surface area (Å²) in [6.07, 6.45) is 4.87. The third-order valence-corrected chi connectivity index (χ3v) is 4.83. The van der Waals surface area contributed by atoms with E-state index in [1.54, 1.807) is 0 Å². The van der Waals surface area contributed by atoms with Crippen molar-refractivity contribution in [2.45, 2.75) is 32.1 Å². The summed E-state index contributed by atoms with van der Waals surface area (Å²) in [6.45, 7) is 3.58. The third kappa shape index (κ3) is 6.19. The van der Waals surface area contributed by atoms with Crippen molar-refractivity contribution in [2.24, 2.45) is 5.92 Å².